The number of halogens is 1. The summed E-state index contributed by atoms with van der Waals surface area (Å²) in [6.07, 6.45) is 0. The first-order valence-electron chi connectivity index (χ1n) is 6.00. The third-order valence-electron chi connectivity index (χ3n) is 2.92. The number of nitrogens with zero attached hydrogens (tertiary/aromatic N) is 1. The summed E-state index contributed by atoms with van der Waals surface area (Å²) < 4.78 is 0. The Hall–Kier alpha value is -2.60. The number of nitrogens with two attached hydrogens (primary N) is 1. The van der Waals surface area contributed by atoms with Gasteiger partial charge in [0.2, 0.25) is 0 Å². The maximum Gasteiger partial charge on any atom is 0.274 e. The number of rotatable bonds is 3. The SMILES string of the molecule is Cc1ccc(NC(=O)c2ccc(Cl)c(N)c2)cc1[N+](=O)[O-]. The summed E-state index contributed by atoms with van der Waals surface area (Å²) in [6.45, 7) is 1.63. The number of nitrogens with one attached hydrogen (secondary N) is 1. The molecule has 21 heavy (non-hydrogen) atoms. The highest BCUT2D eigenvalue weighted by Crippen LogP contribution is 2.24. The van der Waals surface area contributed by atoms with Crippen LogP contribution >= 0.6 is 11.6 Å². The van der Waals surface area contributed by atoms with Gasteiger partial charge in [-0.25, -0.2) is 0 Å². The molecule has 7 heteroatoms. The molecule has 0 bridgehead atoms. The first kappa shape index (κ1) is 14.8. The van der Waals surface area contributed by atoms with Gasteiger partial charge in [0.1, 0.15) is 0 Å². The van der Waals surface area contributed by atoms with Crippen LogP contribution in [0.3, 0.4) is 0 Å². The van der Waals surface area contributed by atoms with Crippen molar-refractivity contribution in [2.45, 2.75) is 6.92 Å². The predicted octanol–water partition coefficient (Wildman–Crippen LogP) is 3.39. The molecule has 0 aromatic heterocycles. The second-order valence-electron chi connectivity index (χ2n) is 4.45. The number of carbonyl (C=O) groups excluding carboxylic acids is 1. The number of benzene rings is 2. The van der Waals surface area contributed by atoms with Crippen molar-refractivity contribution in [2.24, 2.45) is 0 Å². The Morgan fingerprint density at radius 3 is 2.62 bits per heavy atom. The molecule has 0 radical (unpaired) electrons. The Labute approximate surface area is 125 Å². The molecule has 2 aromatic carbocycles. The number of hydrogen-bond donors (Lipinski definition) is 2. The maximum absolute atomic E-state index is 12.1. The van der Waals surface area contributed by atoms with E-state index in [2.05, 4.69) is 5.32 Å². The van der Waals surface area contributed by atoms with Gasteiger partial charge < -0.3 is 11.1 Å². The Bertz CT molecular complexity index is 731. The minimum Gasteiger partial charge on any atom is -0.398 e. The fourth-order valence-corrected chi connectivity index (χ4v) is 1.89. The van der Waals surface area contributed by atoms with Gasteiger partial charge in [-0.3, -0.25) is 14.9 Å². The molecule has 0 heterocycles. The van der Waals surface area contributed by atoms with Crippen LogP contribution in [-0.2, 0) is 0 Å². The van der Waals surface area contributed by atoms with E-state index in [1.165, 1.54) is 24.3 Å². The number of anilines is 2. The molecule has 2 aromatic rings. The van der Waals surface area contributed by atoms with E-state index < -0.39 is 10.8 Å². The summed E-state index contributed by atoms with van der Waals surface area (Å²) in [5.74, 6) is -0.420. The zero-order valence-electron chi connectivity index (χ0n) is 11.1. The maximum atomic E-state index is 12.1. The van der Waals surface area contributed by atoms with Crippen molar-refractivity contribution < 1.29 is 9.72 Å². The Morgan fingerprint density at radius 1 is 1.29 bits per heavy atom. The van der Waals surface area contributed by atoms with Crippen LogP contribution in [0, 0.1) is 17.0 Å². The van der Waals surface area contributed by atoms with Crippen molar-refractivity contribution in [1.82, 2.24) is 0 Å². The summed E-state index contributed by atoms with van der Waals surface area (Å²) in [6, 6.07) is 8.97. The number of aryl methyl sites for hydroxylation is 1. The van der Waals surface area contributed by atoms with E-state index in [-0.39, 0.29) is 5.69 Å². The van der Waals surface area contributed by atoms with Crippen LogP contribution in [0.2, 0.25) is 5.02 Å². The second kappa shape index (κ2) is 5.80. The zero-order valence-corrected chi connectivity index (χ0v) is 11.8. The first-order valence-corrected chi connectivity index (χ1v) is 6.37. The van der Waals surface area contributed by atoms with Crippen LogP contribution in [0.1, 0.15) is 15.9 Å². The molecular weight excluding hydrogens is 294 g/mol. The van der Waals surface area contributed by atoms with Crippen molar-refractivity contribution in [3.8, 4) is 0 Å². The summed E-state index contributed by atoms with van der Waals surface area (Å²) in [5, 5.41) is 13.8. The van der Waals surface area contributed by atoms with Crippen LogP contribution in [0.5, 0.6) is 0 Å². The Kier molecular flexibility index (Phi) is 4.09. The molecule has 0 aliphatic rings. The van der Waals surface area contributed by atoms with Gasteiger partial charge in [0.05, 0.1) is 15.6 Å². The van der Waals surface area contributed by atoms with Crippen molar-refractivity contribution in [3.05, 3.63) is 62.7 Å². The van der Waals surface area contributed by atoms with Gasteiger partial charge in [-0.05, 0) is 31.2 Å². The summed E-state index contributed by atoms with van der Waals surface area (Å²) in [7, 11) is 0. The second-order valence-corrected chi connectivity index (χ2v) is 4.86. The molecule has 108 valence electrons. The average Bonchev–Trinajstić information content (AvgIpc) is 2.43. The van der Waals surface area contributed by atoms with E-state index in [9.17, 15) is 14.9 Å². The monoisotopic (exact) mass is 305 g/mol. The number of nitro benzene ring substituents is 1. The number of amides is 1. The van der Waals surface area contributed by atoms with Crippen LogP contribution in [0.25, 0.3) is 0 Å². The smallest absolute Gasteiger partial charge is 0.274 e. The lowest BCUT2D eigenvalue weighted by Gasteiger charge is -2.07. The first-order chi connectivity index (χ1) is 9.88. The van der Waals surface area contributed by atoms with Crippen LogP contribution in [-0.4, -0.2) is 10.8 Å². The van der Waals surface area contributed by atoms with E-state index in [0.717, 1.165) is 0 Å². The topological polar surface area (TPSA) is 98.3 Å². The lowest BCUT2D eigenvalue weighted by atomic mass is 10.1. The molecule has 1 amide bonds. The van der Waals surface area contributed by atoms with Crippen molar-refractivity contribution in [3.63, 3.8) is 0 Å². The van der Waals surface area contributed by atoms with E-state index in [1.807, 2.05) is 0 Å². The lowest BCUT2D eigenvalue weighted by molar-refractivity contribution is -0.385. The zero-order chi connectivity index (χ0) is 15.6. The third-order valence-corrected chi connectivity index (χ3v) is 3.27. The minimum atomic E-state index is -0.495. The highest BCUT2D eigenvalue weighted by atomic mass is 35.5. The number of carbonyl (C=O) groups is 1. The summed E-state index contributed by atoms with van der Waals surface area (Å²) >= 11 is 5.79. The van der Waals surface area contributed by atoms with E-state index in [4.69, 9.17) is 17.3 Å². The van der Waals surface area contributed by atoms with Crippen molar-refractivity contribution >= 4 is 34.6 Å². The molecule has 0 aliphatic carbocycles. The fraction of sp³-hybridized carbons (Fsp3) is 0.0714. The predicted molar refractivity (Wildman–Crippen MR) is 81.7 cm³/mol. The fourth-order valence-electron chi connectivity index (χ4n) is 1.77. The van der Waals surface area contributed by atoms with E-state index >= 15 is 0 Å². The van der Waals surface area contributed by atoms with Gasteiger partial charge in [0, 0.05) is 22.9 Å². The molecule has 0 saturated carbocycles. The molecule has 0 atom stereocenters. The molecule has 0 saturated heterocycles. The molecule has 0 aliphatic heterocycles. The number of nitrogen functional groups attached to an aromatic ring is 1. The van der Waals surface area contributed by atoms with Gasteiger partial charge >= 0.3 is 0 Å². The molecule has 0 fully saturated rings. The van der Waals surface area contributed by atoms with Crippen LogP contribution in [0.4, 0.5) is 17.1 Å². The Morgan fingerprint density at radius 2 is 2.00 bits per heavy atom. The quantitative estimate of drug-likeness (QED) is 0.516. The molecule has 6 nitrogen and oxygen atoms in total. The average molecular weight is 306 g/mol. The standard InChI is InChI=1S/C14H12ClN3O3/c1-8-2-4-10(7-13(8)18(20)21)17-14(19)9-3-5-11(15)12(16)6-9/h2-7H,16H2,1H3,(H,17,19). The summed E-state index contributed by atoms with van der Waals surface area (Å²) in [5.41, 5.74) is 7.05. The van der Waals surface area contributed by atoms with Gasteiger partial charge in [-0.1, -0.05) is 17.7 Å². The highest BCUT2D eigenvalue weighted by Gasteiger charge is 2.13. The molecule has 0 spiro atoms. The van der Waals surface area contributed by atoms with Crippen LogP contribution < -0.4 is 11.1 Å². The summed E-state index contributed by atoms with van der Waals surface area (Å²) in [4.78, 5) is 22.4. The molecule has 0 unspecified atom stereocenters. The Balaban J connectivity index is 2.25. The van der Waals surface area contributed by atoms with Gasteiger partial charge in [0.15, 0.2) is 0 Å². The molecular formula is C14H12ClN3O3. The normalized spacial score (nSPS) is 10.2. The van der Waals surface area contributed by atoms with Crippen LogP contribution in [0.15, 0.2) is 36.4 Å². The van der Waals surface area contributed by atoms with E-state index in [0.29, 0.717) is 27.5 Å². The van der Waals surface area contributed by atoms with Gasteiger partial charge in [-0.15, -0.1) is 0 Å². The van der Waals surface area contributed by atoms with E-state index in [1.54, 1.807) is 19.1 Å². The highest BCUT2D eigenvalue weighted by molar-refractivity contribution is 6.33. The van der Waals surface area contributed by atoms with Gasteiger partial charge in [0.25, 0.3) is 11.6 Å². The van der Waals surface area contributed by atoms with Gasteiger partial charge in [-0.2, -0.15) is 0 Å². The molecule has 3 N–H and O–H groups in total. The lowest BCUT2D eigenvalue weighted by Crippen LogP contribution is -2.12. The third kappa shape index (κ3) is 3.29. The van der Waals surface area contributed by atoms with Crippen molar-refractivity contribution in [1.29, 1.82) is 0 Å². The largest absolute Gasteiger partial charge is 0.398 e. The number of hydrogen-bond acceptors (Lipinski definition) is 4. The van der Waals surface area contributed by atoms with Crippen molar-refractivity contribution in [2.75, 3.05) is 11.1 Å². The number of nitro groups is 1. The molecule has 2 rings (SSSR count). The minimum absolute atomic E-state index is 0.0524.